The van der Waals surface area contributed by atoms with Crippen LogP contribution >= 0.6 is 11.6 Å². The Kier molecular flexibility index (Phi) is 7.27. The number of aromatic amines is 1. The summed E-state index contributed by atoms with van der Waals surface area (Å²) in [4.78, 5) is 40.7. The van der Waals surface area contributed by atoms with Crippen molar-refractivity contribution >= 4 is 45.8 Å². The van der Waals surface area contributed by atoms with Crippen molar-refractivity contribution in [2.75, 3.05) is 0 Å². The molecule has 39 heavy (non-hydrogen) atoms. The van der Waals surface area contributed by atoms with E-state index in [9.17, 15) is 24.8 Å². The molecule has 1 aromatic heterocycles. The maximum absolute atomic E-state index is 13.5. The van der Waals surface area contributed by atoms with Gasteiger partial charge in [0, 0.05) is 46.5 Å². The molecule has 4 aromatic rings. The minimum absolute atomic E-state index is 0.0297. The fourth-order valence-electron chi connectivity index (χ4n) is 4.80. The van der Waals surface area contributed by atoms with Gasteiger partial charge in [-0.25, -0.2) is 10.2 Å². The highest BCUT2D eigenvalue weighted by Crippen LogP contribution is 2.38. The molecule has 0 radical (unpaired) electrons. The molecule has 1 amide bonds. The van der Waals surface area contributed by atoms with Crippen molar-refractivity contribution in [2.24, 2.45) is 5.10 Å². The molecule has 0 saturated heterocycles. The van der Waals surface area contributed by atoms with Gasteiger partial charge < -0.3 is 15.3 Å². The summed E-state index contributed by atoms with van der Waals surface area (Å²) in [6, 6.07) is 19.8. The maximum Gasteiger partial charge on any atom is 0.303 e. The Morgan fingerprint density at radius 3 is 2.54 bits per heavy atom. The summed E-state index contributed by atoms with van der Waals surface area (Å²) < 4.78 is 0. The van der Waals surface area contributed by atoms with E-state index < -0.39 is 35.1 Å². The van der Waals surface area contributed by atoms with Crippen LogP contribution in [-0.4, -0.2) is 37.9 Å². The molecular weight excluding hydrogens is 524 g/mol. The quantitative estimate of drug-likeness (QED) is 0.259. The van der Waals surface area contributed by atoms with Crippen molar-refractivity contribution in [1.29, 1.82) is 0 Å². The molecule has 198 valence electrons. The number of halogens is 1. The SMILES string of the molecule is O=C(O)CCC(=O)N1N=C(c2c(-c3ccccc3)c3cc(Cl)ccc3[nH]c2=O)C[C@@H]1c1cccc([NH+]([O-])O)c1. The number of nitrogens with zero attached hydrogens (tertiary/aromatic N) is 2. The topological polar surface area (TPSA) is 151 Å². The lowest BCUT2D eigenvalue weighted by Gasteiger charge is -2.22. The molecule has 0 spiro atoms. The number of carboxylic acid groups (broad SMARTS) is 1. The number of carbonyl (C=O) groups is 2. The molecule has 1 unspecified atom stereocenters. The van der Waals surface area contributed by atoms with Crippen LogP contribution in [0.15, 0.2) is 82.7 Å². The summed E-state index contributed by atoms with van der Waals surface area (Å²) in [5.74, 6) is -1.69. The van der Waals surface area contributed by atoms with Crippen LogP contribution in [0.5, 0.6) is 0 Å². The number of rotatable bonds is 7. The van der Waals surface area contributed by atoms with Gasteiger partial charge in [0.15, 0.2) is 5.69 Å². The van der Waals surface area contributed by atoms with E-state index >= 15 is 0 Å². The van der Waals surface area contributed by atoms with E-state index in [1.54, 1.807) is 30.3 Å². The molecule has 0 fully saturated rings. The second-order valence-corrected chi connectivity index (χ2v) is 9.53. The van der Waals surface area contributed by atoms with Crippen molar-refractivity contribution in [3.8, 4) is 11.1 Å². The number of hydrogen-bond acceptors (Lipinski definition) is 6. The minimum Gasteiger partial charge on any atom is -0.595 e. The number of quaternary nitrogens is 1. The van der Waals surface area contributed by atoms with Gasteiger partial charge in [-0.1, -0.05) is 54.1 Å². The highest BCUT2D eigenvalue weighted by molar-refractivity contribution is 6.31. The Labute approximate surface area is 226 Å². The van der Waals surface area contributed by atoms with Crippen LogP contribution in [0.1, 0.15) is 36.4 Å². The van der Waals surface area contributed by atoms with Gasteiger partial charge in [0.1, 0.15) is 0 Å². The van der Waals surface area contributed by atoms with E-state index in [1.807, 2.05) is 30.3 Å². The molecule has 10 nitrogen and oxygen atoms in total. The first kappa shape index (κ1) is 26.3. The first-order chi connectivity index (χ1) is 18.7. The third-order valence-corrected chi connectivity index (χ3v) is 6.80. The maximum atomic E-state index is 13.5. The monoisotopic (exact) mass is 546 g/mol. The summed E-state index contributed by atoms with van der Waals surface area (Å²) in [6.07, 6.45) is -0.597. The van der Waals surface area contributed by atoms with Crippen LogP contribution in [-0.2, 0) is 9.59 Å². The summed E-state index contributed by atoms with van der Waals surface area (Å²) in [5, 5.41) is 36.0. The third-order valence-electron chi connectivity index (χ3n) is 6.56. The van der Waals surface area contributed by atoms with Crippen LogP contribution in [0.3, 0.4) is 0 Å². The Morgan fingerprint density at radius 2 is 1.82 bits per heavy atom. The Morgan fingerprint density at radius 1 is 1.05 bits per heavy atom. The second kappa shape index (κ2) is 10.8. The highest BCUT2D eigenvalue weighted by atomic mass is 35.5. The van der Waals surface area contributed by atoms with Gasteiger partial charge in [0.25, 0.3) is 5.56 Å². The number of aliphatic carboxylic acids is 1. The first-order valence-electron chi connectivity index (χ1n) is 12.1. The van der Waals surface area contributed by atoms with Crippen molar-refractivity contribution in [1.82, 2.24) is 9.99 Å². The molecule has 2 heterocycles. The summed E-state index contributed by atoms with van der Waals surface area (Å²) in [5.41, 5.74) is 2.59. The molecule has 3 aromatic carbocycles. The lowest BCUT2D eigenvalue weighted by atomic mass is 9.91. The van der Waals surface area contributed by atoms with Crippen molar-refractivity contribution < 1.29 is 25.1 Å². The number of fused-ring (bicyclic) bond motifs is 1. The zero-order chi connectivity index (χ0) is 27.7. The van der Waals surface area contributed by atoms with Crippen molar-refractivity contribution in [3.05, 3.63) is 105 Å². The van der Waals surface area contributed by atoms with Gasteiger partial charge in [-0.15, -0.1) is 0 Å². The molecule has 11 heteroatoms. The zero-order valence-corrected chi connectivity index (χ0v) is 21.2. The molecule has 1 aliphatic heterocycles. The van der Waals surface area contributed by atoms with E-state index in [0.29, 0.717) is 32.8 Å². The third kappa shape index (κ3) is 5.31. The van der Waals surface area contributed by atoms with Gasteiger partial charge in [-0.05, 0) is 29.3 Å². The minimum atomic E-state index is -1.13. The summed E-state index contributed by atoms with van der Waals surface area (Å²) in [7, 11) is 0. The fourth-order valence-corrected chi connectivity index (χ4v) is 4.98. The summed E-state index contributed by atoms with van der Waals surface area (Å²) in [6.45, 7) is 0. The molecule has 0 aliphatic carbocycles. The van der Waals surface area contributed by atoms with Crippen molar-refractivity contribution in [3.63, 3.8) is 0 Å². The molecule has 0 bridgehead atoms. The molecule has 5 rings (SSSR count). The van der Waals surface area contributed by atoms with Gasteiger partial charge in [0.05, 0.1) is 23.7 Å². The normalized spacial score (nSPS) is 15.8. The molecule has 0 saturated carbocycles. The number of H-pyrrole nitrogens is 1. The number of carbonyl (C=O) groups excluding carboxylic acids is 1. The van der Waals surface area contributed by atoms with Crippen LogP contribution < -0.4 is 10.8 Å². The van der Waals surface area contributed by atoms with Crippen LogP contribution in [0.25, 0.3) is 22.0 Å². The number of nitrogens with one attached hydrogen (secondary N) is 2. The number of amides is 1. The smallest absolute Gasteiger partial charge is 0.303 e. The largest absolute Gasteiger partial charge is 0.595 e. The fraction of sp³-hybridized carbons (Fsp3) is 0.143. The Bertz CT molecular complexity index is 1670. The van der Waals surface area contributed by atoms with E-state index in [2.05, 4.69) is 10.1 Å². The average Bonchev–Trinajstić information content (AvgIpc) is 3.37. The lowest BCUT2D eigenvalue weighted by molar-refractivity contribution is -0.991. The predicted molar refractivity (Wildman–Crippen MR) is 145 cm³/mol. The van der Waals surface area contributed by atoms with E-state index in [-0.39, 0.29) is 24.1 Å². The first-order valence-corrected chi connectivity index (χ1v) is 12.5. The second-order valence-electron chi connectivity index (χ2n) is 9.09. The molecule has 2 atom stereocenters. The van der Waals surface area contributed by atoms with E-state index in [4.69, 9.17) is 16.7 Å². The Hall–Kier alpha value is -4.35. The highest BCUT2D eigenvalue weighted by Gasteiger charge is 2.35. The van der Waals surface area contributed by atoms with Crippen LogP contribution in [0, 0.1) is 5.21 Å². The molecule has 1 aliphatic rings. The average molecular weight is 547 g/mol. The predicted octanol–water partition coefficient (Wildman–Crippen LogP) is 3.79. The van der Waals surface area contributed by atoms with Crippen molar-refractivity contribution in [2.45, 2.75) is 25.3 Å². The molecule has 4 N–H and O–H groups in total. The van der Waals surface area contributed by atoms with Gasteiger partial charge in [-0.3, -0.25) is 14.4 Å². The Balaban J connectivity index is 1.69. The van der Waals surface area contributed by atoms with Gasteiger partial charge >= 0.3 is 5.97 Å². The standard InChI is InChI=1S/C28H23ClN4O6/c29-18-9-10-21-20(14-18)26(16-5-2-1-3-6-16)27(28(37)30-21)22-15-23(17-7-4-8-19(13-17)33(38)39)32(31-22)24(34)11-12-25(35)36/h1-10,13-14,23,33,38H,11-12,15H2,(H,30,37)(H,35,36)/t23-/m1/s1. The number of pyridine rings is 1. The number of hydrazone groups is 1. The van der Waals surface area contributed by atoms with Gasteiger partial charge in [0.2, 0.25) is 5.91 Å². The number of aromatic nitrogens is 1. The van der Waals surface area contributed by atoms with Crippen LogP contribution in [0.2, 0.25) is 5.02 Å². The van der Waals surface area contributed by atoms with Gasteiger partial charge in [-0.2, -0.15) is 10.3 Å². The number of hydrogen-bond donors (Lipinski definition) is 4. The van der Waals surface area contributed by atoms with E-state index in [0.717, 1.165) is 10.6 Å². The summed E-state index contributed by atoms with van der Waals surface area (Å²) >= 11 is 6.33. The number of benzene rings is 3. The number of carboxylic acids is 1. The van der Waals surface area contributed by atoms with Crippen LogP contribution in [0.4, 0.5) is 5.69 Å². The molecular formula is C28H23ClN4O6. The zero-order valence-electron chi connectivity index (χ0n) is 20.4. The van der Waals surface area contributed by atoms with E-state index in [1.165, 1.54) is 12.1 Å². The lowest BCUT2D eigenvalue weighted by Crippen LogP contribution is -2.99.